The molecule has 1 N–H and O–H groups in total. The fourth-order valence-electron chi connectivity index (χ4n) is 1.49. The van der Waals surface area contributed by atoms with Gasteiger partial charge < -0.3 is 10.2 Å². The summed E-state index contributed by atoms with van der Waals surface area (Å²) in [5, 5.41) is 2.88. The lowest BCUT2D eigenvalue weighted by atomic mass is 10.2. The SMILES string of the molecule is CN(C)c1ccc(NC(=O)c2cc(Br)c(Br)s2)cc1. The summed E-state index contributed by atoms with van der Waals surface area (Å²) in [7, 11) is 3.96. The number of carbonyl (C=O) groups is 1. The van der Waals surface area contributed by atoms with Crippen molar-refractivity contribution in [2.24, 2.45) is 0 Å². The van der Waals surface area contributed by atoms with Crippen LogP contribution in [0, 0.1) is 0 Å². The standard InChI is InChI=1S/C13H12Br2N2OS/c1-17(2)9-5-3-8(4-6-9)16-13(18)11-7-10(14)12(15)19-11/h3-7H,1-2H3,(H,16,18). The van der Waals surface area contributed by atoms with E-state index in [-0.39, 0.29) is 5.91 Å². The number of rotatable bonds is 3. The normalized spacial score (nSPS) is 10.3. The molecule has 1 amide bonds. The van der Waals surface area contributed by atoms with Gasteiger partial charge in [0, 0.05) is 29.9 Å². The van der Waals surface area contributed by atoms with Gasteiger partial charge in [0.2, 0.25) is 0 Å². The molecule has 0 saturated heterocycles. The Morgan fingerprint density at radius 2 is 1.84 bits per heavy atom. The maximum atomic E-state index is 12.0. The van der Waals surface area contributed by atoms with Crippen LogP contribution in [0.2, 0.25) is 0 Å². The summed E-state index contributed by atoms with van der Waals surface area (Å²) in [5.74, 6) is -0.103. The molecule has 0 aliphatic heterocycles. The lowest BCUT2D eigenvalue weighted by molar-refractivity contribution is 0.103. The van der Waals surface area contributed by atoms with Gasteiger partial charge in [-0.15, -0.1) is 11.3 Å². The first-order valence-electron chi connectivity index (χ1n) is 5.51. The van der Waals surface area contributed by atoms with Gasteiger partial charge in [-0.3, -0.25) is 4.79 Å². The molecule has 0 bridgehead atoms. The Bertz CT molecular complexity index is 574. The number of hydrogen-bond donors (Lipinski definition) is 1. The van der Waals surface area contributed by atoms with E-state index >= 15 is 0 Å². The van der Waals surface area contributed by atoms with Gasteiger partial charge in [-0.25, -0.2) is 0 Å². The minimum Gasteiger partial charge on any atom is -0.378 e. The highest BCUT2D eigenvalue weighted by Crippen LogP contribution is 2.32. The number of hydrogen-bond acceptors (Lipinski definition) is 3. The van der Waals surface area contributed by atoms with Crippen LogP contribution in [-0.2, 0) is 0 Å². The van der Waals surface area contributed by atoms with Gasteiger partial charge in [0.1, 0.15) is 0 Å². The highest BCUT2D eigenvalue weighted by molar-refractivity contribution is 9.13. The molecule has 0 atom stereocenters. The maximum absolute atomic E-state index is 12.0. The summed E-state index contributed by atoms with van der Waals surface area (Å²) in [6.45, 7) is 0. The van der Waals surface area contributed by atoms with Gasteiger partial charge in [-0.05, 0) is 62.2 Å². The van der Waals surface area contributed by atoms with E-state index in [1.165, 1.54) is 11.3 Å². The first-order chi connectivity index (χ1) is 8.97. The number of anilines is 2. The Hall–Kier alpha value is -0.850. The zero-order valence-corrected chi connectivity index (χ0v) is 14.4. The van der Waals surface area contributed by atoms with Crippen LogP contribution in [-0.4, -0.2) is 20.0 Å². The van der Waals surface area contributed by atoms with Gasteiger partial charge >= 0.3 is 0 Å². The van der Waals surface area contributed by atoms with Gasteiger partial charge in [0.15, 0.2) is 0 Å². The third-order valence-electron chi connectivity index (χ3n) is 2.51. The Morgan fingerprint density at radius 1 is 1.21 bits per heavy atom. The van der Waals surface area contributed by atoms with Gasteiger partial charge in [0.25, 0.3) is 5.91 Å². The van der Waals surface area contributed by atoms with Crippen molar-refractivity contribution >= 4 is 60.5 Å². The summed E-state index contributed by atoms with van der Waals surface area (Å²) in [5.41, 5.74) is 1.89. The zero-order valence-electron chi connectivity index (χ0n) is 10.4. The van der Waals surface area contributed by atoms with Crippen molar-refractivity contribution in [3.8, 4) is 0 Å². The lowest BCUT2D eigenvalue weighted by Gasteiger charge is -2.12. The van der Waals surface area contributed by atoms with Crippen LogP contribution in [0.25, 0.3) is 0 Å². The summed E-state index contributed by atoms with van der Waals surface area (Å²) in [4.78, 5) is 14.7. The van der Waals surface area contributed by atoms with E-state index in [0.29, 0.717) is 4.88 Å². The molecule has 2 aromatic rings. The van der Waals surface area contributed by atoms with Crippen molar-refractivity contribution in [3.05, 3.63) is 43.5 Å². The van der Waals surface area contributed by atoms with Crippen LogP contribution in [0.4, 0.5) is 11.4 Å². The largest absolute Gasteiger partial charge is 0.378 e. The van der Waals surface area contributed by atoms with Crippen molar-refractivity contribution in [1.82, 2.24) is 0 Å². The van der Waals surface area contributed by atoms with Gasteiger partial charge in [-0.2, -0.15) is 0 Å². The molecule has 6 heteroatoms. The molecule has 1 aromatic heterocycles. The van der Waals surface area contributed by atoms with Crippen molar-refractivity contribution in [1.29, 1.82) is 0 Å². The monoisotopic (exact) mass is 402 g/mol. The second-order valence-corrected chi connectivity index (χ2v) is 7.35. The van der Waals surface area contributed by atoms with E-state index in [0.717, 1.165) is 19.6 Å². The van der Waals surface area contributed by atoms with Crippen molar-refractivity contribution in [2.45, 2.75) is 0 Å². The third kappa shape index (κ3) is 3.58. The second-order valence-electron chi connectivity index (χ2n) is 4.13. The molecule has 19 heavy (non-hydrogen) atoms. The Balaban J connectivity index is 2.10. The van der Waals surface area contributed by atoms with Crippen molar-refractivity contribution in [2.75, 3.05) is 24.3 Å². The van der Waals surface area contributed by atoms with Crippen LogP contribution in [0.1, 0.15) is 9.67 Å². The summed E-state index contributed by atoms with van der Waals surface area (Å²) in [6.07, 6.45) is 0. The van der Waals surface area contributed by atoms with E-state index in [1.807, 2.05) is 43.3 Å². The number of halogens is 2. The number of nitrogens with one attached hydrogen (secondary N) is 1. The smallest absolute Gasteiger partial charge is 0.265 e. The molecule has 0 spiro atoms. The van der Waals surface area contributed by atoms with E-state index in [4.69, 9.17) is 0 Å². The maximum Gasteiger partial charge on any atom is 0.265 e. The summed E-state index contributed by atoms with van der Waals surface area (Å²) >= 11 is 8.15. The molecule has 100 valence electrons. The van der Waals surface area contributed by atoms with Crippen LogP contribution in [0.15, 0.2) is 38.6 Å². The van der Waals surface area contributed by atoms with Gasteiger partial charge in [0.05, 0.1) is 8.66 Å². The highest BCUT2D eigenvalue weighted by atomic mass is 79.9. The van der Waals surface area contributed by atoms with E-state index in [9.17, 15) is 4.79 Å². The number of thiophene rings is 1. The molecule has 0 radical (unpaired) electrons. The summed E-state index contributed by atoms with van der Waals surface area (Å²) < 4.78 is 1.81. The third-order valence-corrected chi connectivity index (χ3v) is 5.77. The highest BCUT2D eigenvalue weighted by Gasteiger charge is 2.12. The Kier molecular flexibility index (Phi) is 4.65. The molecule has 0 unspecified atom stereocenters. The Labute approximate surface area is 132 Å². The van der Waals surface area contributed by atoms with E-state index in [2.05, 4.69) is 37.2 Å². The fourth-order valence-corrected chi connectivity index (χ4v) is 3.42. The average Bonchev–Trinajstić information content (AvgIpc) is 2.70. The molecule has 1 aromatic carbocycles. The number of carbonyl (C=O) groups excluding carboxylic acids is 1. The molecule has 0 aliphatic carbocycles. The average molecular weight is 404 g/mol. The molecule has 0 aliphatic rings. The first-order valence-corrected chi connectivity index (χ1v) is 7.91. The molecular weight excluding hydrogens is 392 g/mol. The van der Waals surface area contributed by atoms with Gasteiger partial charge in [-0.1, -0.05) is 0 Å². The number of nitrogens with zero attached hydrogens (tertiary/aromatic N) is 1. The van der Waals surface area contributed by atoms with E-state index < -0.39 is 0 Å². The van der Waals surface area contributed by atoms with Crippen LogP contribution in [0.3, 0.4) is 0 Å². The van der Waals surface area contributed by atoms with Crippen molar-refractivity contribution < 1.29 is 4.79 Å². The molecule has 2 rings (SSSR count). The Morgan fingerprint density at radius 3 is 2.32 bits per heavy atom. The first kappa shape index (κ1) is 14.6. The van der Waals surface area contributed by atoms with Crippen LogP contribution < -0.4 is 10.2 Å². The molecule has 0 saturated carbocycles. The lowest BCUT2D eigenvalue weighted by Crippen LogP contribution is -2.11. The molecule has 3 nitrogen and oxygen atoms in total. The molecule has 0 fully saturated rings. The fraction of sp³-hybridized carbons (Fsp3) is 0.154. The molecule has 1 heterocycles. The second kappa shape index (κ2) is 6.07. The predicted octanol–water partition coefficient (Wildman–Crippen LogP) is 4.59. The van der Waals surface area contributed by atoms with Crippen LogP contribution >= 0.6 is 43.2 Å². The van der Waals surface area contributed by atoms with E-state index in [1.54, 1.807) is 6.07 Å². The number of amides is 1. The topological polar surface area (TPSA) is 32.3 Å². The quantitative estimate of drug-likeness (QED) is 0.812. The minimum absolute atomic E-state index is 0.103. The summed E-state index contributed by atoms with van der Waals surface area (Å²) in [6, 6.07) is 9.53. The number of benzene rings is 1. The van der Waals surface area contributed by atoms with Crippen LogP contribution in [0.5, 0.6) is 0 Å². The van der Waals surface area contributed by atoms with Crippen molar-refractivity contribution in [3.63, 3.8) is 0 Å². The molecular formula is C13H12Br2N2OS. The predicted molar refractivity (Wildman–Crippen MR) is 88.4 cm³/mol. The minimum atomic E-state index is -0.103. The zero-order chi connectivity index (χ0) is 14.0.